The molecule has 0 fully saturated rings. The van der Waals surface area contributed by atoms with Crippen LogP contribution in [0.5, 0.6) is 0 Å². The number of fused-ring (bicyclic) bond motifs is 6. The Hall–Kier alpha value is -6.22. The Kier molecular flexibility index (Phi) is 6.50. The summed E-state index contributed by atoms with van der Waals surface area (Å²) in [6.45, 7) is 0. The van der Waals surface area contributed by atoms with Crippen molar-refractivity contribution in [1.82, 2.24) is 0 Å². The maximum Gasteiger partial charge on any atom is 0.135 e. The molecule has 0 saturated carbocycles. The van der Waals surface area contributed by atoms with Gasteiger partial charge in [-0.1, -0.05) is 127 Å². The van der Waals surface area contributed by atoms with E-state index in [1.165, 1.54) is 64.7 Å². The van der Waals surface area contributed by atoms with Gasteiger partial charge in [0.05, 0.1) is 1.37 Å². The second kappa shape index (κ2) is 11.7. The van der Waals surface area contributed by atoms with Crippen LogP contribution < -0.4 is 0 Å². The molecule has 2 aromatic heterocycles. The van der Waals surface area contributed by atoms with E-state index in [9.17, 15) is 0 Å². The Balaban J connectivity index is 0.962. The fourth-order valence-corrected chi connectivity index (χ4v) is 8.40. The number of para-hydroxylation sites is 1. The number of thiophene rings is 1. The first kappa shape index (κ1) is 27.7. The largest absolute Gasteiger partial charge is 0.456 e. The van der Waals surface area contributed by atoms with Crippen LogP contribution in [0.15, 0.2) is 186 Å². The van der Waals surface area contributed by atoms with Crippen molar-refractivity contribution in [3.8, 4) is 55.6 Å². The SMILES string of the molecule is [2H]c1cccc2c1oc1ccc(-c3cccc(-c4cccc(-c5cccc(-c6cccc(-c7ccc8c(c7)sc7ccccc78)c6)c5)c4)c3)cc12. The summed E-state index contributed by atoms with van der Waals surface area (Å²) in [6.07, 6.45) is 0. The van der Waals surface area contributed by atoms with Crippen molar-refractivity contribution in [3.05, 3.63) is 182 Å². The highest BCUT2D eigenvalue weighted by Crippen LogP contribution is 2.38. The molecule has 0 spiro atoms. The summed E-state index contributed by atoms with van der Waals surface area (Å²) in [4.78, 5) is 0. The maximum absolute atomic E-state index is 8.26. The molecule has 0 saturated heterocycles. The predicted octanol–water partition coefficient (Wildman–Crippen LogP) is 14.3. The molecule has 2 heteroatoms. The summed E-state index contributed by atoms with van der Waals surface area (Å²) >= 11 is 1.86. The molecule has 0 radical (unpaired) electrons. The molecule has 0 aliphatic heterocycles. The van der Waals surface area contributed by atoms with E-state index in [1.807, 2.05) is 29.5 Å². The summed E-state index contributed by atoms with van der Waals surface area (Å²) in [7, 11) is 0. The highest BCUT2D eigenvalue weighted by Gasteiger charge is 2.11. The molecule has 234 valence electrons. The lowest BCUT2D eigenvalue weighted by Gasteiger charge is -2.11. The first-order valence-corrected chi connectivity index (χ1v) is 17.7. The molecule has 2 heterocycles. The molecular formula is C48H30OS. The molecule has 50 heavy (non-hydrogen) atoms. The zero-order valence-electron chi connectivity index (χ0n) is 28.1. The van der Waals surface area contributed by atoms with Gasteiger partial charge in [0.1, 0.15) is 11.2 Å². The third kappa shape index (κ3) is 5.01. The topological polar surface area (TPSA) is 13.1 Å². The molecule has 0 aliphatic rings. The fourth-order valence-electron chi connectivity index (χ4n) is 7.26. The minimum Gasteiger partial charge on any atom is -0.456 e. The van der Waals surface area contributed by atoms with Crippen molar-refractivity contribution in [1.29, 1.82) is 0 Å². The molecular weight excluding hydrogens is 625 g/mol. The van der Waals surface area contributed by atoms with Crippen molar-refractivity contribution in [2.24, 2.45) is 0 Å². The highest BCUT2D eigenvalue weighted by atomic mass is 32.1. The average Bonchev–Trinajstić information content (AvgIpc) is 3.77. The zero-order chi connectivity index (χ0) is 33.9. The van der Waals surface area contributed by atoms with E-state index in [-0.39, 0.29) is 0 Å². The van der Waals surface area contributed by atoms with Crippen LogP contribution in [0, 0.1) is 0 Å². The molecule has 10 rings (SSSR count). The van der Waals surface area contributed by atoms with Gasteiger partial charge in [0.2, 0.25) is 0 Å². The van der Waals surface area contributed by atoms with E-state index >= 15 is 0 Å². The van der Waals surface area contributed by atoms with Crippen LogP contribution in [0.4, 0.5) is 0 Å². The lowest BCUT2D eigenvalue weighted by atomic mass is 9.94. The minimum absolute atomic E-state index is 0.409. The first-order valence-electron chi connectivity index (χ1n) is 17.4. The van der Waals surface area contributed by atoms with Gasteiger partial charge in [-0.25, -0.2) is 0 Å². The van der Waals surface area contributed by atoms with Gasteiger partial charge in [0.25, 0.3) is 0 Å². The van der Waals surface area contributed by atoms with E-state index in [0.717, 1.165) is 27.5 Å². The second-order valence-electron chi connectivity index (χ2n) is 12.9. The van der Waals surface area contributed by atoms with E-state index in [1.54, 1.807) is 6.07 Å². The third-order valence-electron chi connectivity index (χ3n) is 9.80. The Morgan fingerprint density at radius 1 is 0.320 bits per heavy atom. The number of hydrogen-bond donors (Lipinski definition) is 0. The normalized spacial score (nSPS) is 11.9. The monoisotopic (exact) mass is 655 g/mol. The number of rotatable bonds is 5. The van der Waals surface area contributed by atoms with Gasteiger partial charge in [-0.15, -0.1) is 11.3 Å². The number of furan rings is 1. The van der Waals surface area contributed by atoms with Crippen molar-refractivity contribution < 1.29 is 5.79 Å². The highest BCUT2D eigenvalue weighted by molar-refractivity contribution is 7.25. The van der Waals surface area contributed by atoms with E-state index < -0.39 is 0 Å². The first-order chi connectivity index (χ1) is 25.1. The summed E-state index contributed by atoms with van der Waals surface area (Å²) in [6, 6.07) is 63.3. The van der Waals surface area contributed by atoms with Gasteiger partial charge in [0, 0.05) is 30.9 Å². The van der Waals surface area contributed by atoms with Crippen LogP contribution in [0.2, 0.25) is 0 Å². The Bertz CT molecular complexity index is 2950. The van der Waals surface area contributed by atoms with Crippen molar-refractivity contribution in [2.45, 2.75) is 0 Å². The van der Waals surface area contributed by atoms with Gasteiger partial charge in [0.15, 0.2) is 0 Å². The molecule has 0 bridgehead atoms. The molecule has 0 N–H and O–H groups in total. The Morgan fingerprint density at radius 2 is 0.780 bits per heavy atom. The molecule has 8 aromatic carbocycles. The van der Waals surface area contributed by atoms with Crippen molar-refractivity contribution in [2.75, 3.05) is 0 Å². The Labute approximate surface area is 295 Å². The third-order valence-corrected chi connectivity index (χ3v) is 10.9. The summed E-state index contributed by atoms with van der Waals surface area (Å²) in [5.74, 6) is 0. The summed E-state index contributed by atoms with van der Waals surface area (Å²) in [5, 5.41) is 4.67. The summed E-state index contributed by atoms with van der Waals surface area (Å²) < 4.78 is 16.9. The standard InChI is InChI=1S/C48H30OS/c1-3-19-45-41(17-1)44-29-39(22-24-46(44)49-45)37-15-7-13-35(27-37)33-11-5-9-31(25-33)32-10-6-12-34(26-32)36-14-8-16-38(28-36)40-21-23-43-42-18-2-4-20-47(42)50-48(43)30-40/h1-30H/i19D. The molecule has 0 aliphatic carbocycles. The van der Waals surface area contributed by atoms with E-state index in [4.69, 9.17) is 5.79 Å². The second-order valence-corrected chi connectivity index (χ2v) is 13.9. The maximum atomic E-state index is 8.26. The van der Waals surface area contributed by atoms with Crippen LogP contribution >= 0.6 is 11.3 Å². The van der Waals surface area contributed by atoms with Gasteiger partial charge < -0.3 is 4.42 Å². The van der Waals surface area contributed by atoms with Gasteiger partial charge in [-0.2, -0.15) is 0 Å². The van der Waals surface area contributed by atoms with Crippen LogP contribution in [0.1, 0.15) is 1.37 Å². The lowest BCUT2D eigenvalue weighted by molar-refractivity contribution is 0.669. The lowest BCUT2D eigenvalue weighted by Crippen LogP contribution is -1.85. The van der Waals surface area contributed by atoms with Gasteiger partial charge in [-0.3, -0.25) is 0 Å². The van der Waals surface area contributed by atoms with Crippen molar-refractivity contribution in [3.63, 3.8) is 0 Å². The smallest absolute Gasteiger partial charge is 0.135 e. The van der Waals surface area contributed by atoms with E-state index in [0.29, 0.717) is 11.6 Å². The minimum atomic E-state index is 0.409. The number of hydrogen-bond acceptors (Lipinski definition) is 2. The van der Waals surface area contributed by atoms with Crippen molar-refractivity contribution >= 4 is 53.4 Å². The van der Waals surface area contributed by atoms with Gasteiger partial charge >= 0.3 is 0 Å². The quantitative estimate of drug-likeness (QED) is 0.180. The predicted molar refractivity (Wildman–Crippen MR) is 214 cm³/mol. The fraction of sp³-hybridized carbons (Fsp3) is 0. The zero-order valence-corrected chi connectivity index (χ0v) is 27.9. The molecule has 10 aromatic rings. The van der Waals surface area contributed by atoms with E-state index in [2.05, 4.69) is 152 Å². The van der Waals surface area contributed by atoms with Crippen LogP contribution in [-0.2, 0) is 0 Å². The Morgan fingerprint density at radius 3 is 1.38 bits per heavy atom. The van der Waals surface area contributed by atoms with Crippen LogP contribution in [0.25, 0.3) is 97.7 Å². The average molecular weight is 656 g/mol. The summed E-state index contributed by atoms with van der Waals surface area (Å²) in [5.41, 5.74) is 13.3. The molecule has 1 nitrogen and oxygen atoms in total. The van der Waals surface area contributed by atoms with Crippen LogP contribution in [0.3, 0.4) is 0 Å². The molecule has 0 amide bonds. The molecule has 0 unspecified atom stereocenters. The number of benzene rings is 8. The molecule has 0 atom stereocenters. The van der Waals surface area contributed by atoms with Crippen LogP contribution in [-0.4, -0.2) is 0 Å². The van der Waals surface area contributed by atoms with Gasteiger partial charge in [-0.05, 0) is 110 Å².